The Morgan fingerprint density at radius 1 is 1.33 bits per heavy atom. The lowest BCUT2D eigenvalue weighted by Gasteiger charge is -2.27. The average molecular weight is 279 g/mol. The lowest BCUT2D eigenvalue weighted by Crippen LogP contribution is -2.47. The number of sulfonamides is 1. The van der Waals surface area contributed by atoms with E-state index < -0.39 is 15.6 Å². The van der Waals surface area contributed by atoms with Gasteiger partial charge < -0.3 is 10.1 Å². The van der Waals surface area contributed by atoms with E-state index in [9.17, 15) is 8.42 Å². The van der Waals surface area contributed by atoms with E-state index >= 15 is 0 Å². The van der Waals surface area contributed by atoms with E-state index in [1.165, 1.54) is 0 Å². The molecule has 1 aliphatic heterocycles. The van der Waals surface area contributed by atoms with E-state index in [1.807, 2.05) is 13.8 Å². The van der Waals surface area contributed by atoms with Crippen LogP contribution < -0.4 is 10.0 Å². The Bertz CT molecular complexity index is 337. The van der Waals surface area contributed by atoms with E-state index in [1.54, 1.807) is 7.11 Å². The van der Waals surface area contributed by atoms with Crippen molar-refractivity contribution in [3.05, 3.63) is 0 Å². The fourth-order valence-electron chi connectivity index (χ4n) is 1.61. The molecule has 0 bridgehead atoms. The molecule has 2 N–H and O–H groups in total. The van der Waals surface area contributed by atoms with Gasteiger partial charge in [0, 0.05) is 46.4 Å². The van der Waals surface area contributed by atoms with Crippen molar-refractivity contribution in [3.8, 4) is 0 Å². The number of hydrogen-bond donors (Lipinski definition) is 2. The van der Waals surface area contributed by atoms with Gasteiger partial charge in [0.15, 0.2) is 0 Å². The van der Waals surface area contributed by atoms with Gasteiger partial charge in [-0.25, -0.2) is 13.1 Å². The summed E-state index contributed by atoms with van der Waals surface area (Å²) in [6.07, 6.45) is 0. The van der Waals surface area contributed by atoms with Crippen molar-refractivity contribution in [1.82, 2.24) is 14.9 Å². The predicted molar refractivity (Wildman–Crippen MR) is 72.2 cm³/mol. The molecule has 0 radical (unpaired) electrons. The van der Waals surface area contributed by atoms with Crippen molar-refractivity contribution in [2.45, 2.75) is 19.4 Å². The molecular formula is C11H25N3O3S. The molecular weight excluding hydrogens is 254 g/mol. The predicted octanol–water partition coefficient (Wildman–Crippen LogP) is -0.764. The van der Waals surface area contributed by atoms with Crippen LogP contribution in [0.1, 0.15) is 13.8 Å². The maximum absolute atomic E-state index is 11.8. The van der Waals surface area contributed by atoms with E-state index in [2.05, 4.69) is 14.9 Å². The standard InChI is InChI=1S/C11H25N3O3S/c1-11(2,17-3)10-13-18(15,16)9-8-14-6-4-12-5-7-14/h12-13H,4-10H2,1-3H3. The first-order valence-electron chi connectivity index (χ1n) is 6.30. The number of piperazine rings is 1. The Balaban J connectivity index is 2.30. The Labute approximate surface area is 110 Å². The van der Waals surface area contributed by atoms with Crippen LogP contribution in [-0.4, -0.2) is 71.0 Å². The van der Waals surface area contributed by atoms with Gasteiger partial charge in [-0.3, -0.25) is 4.90 Å². The minimum absolute atomic E-state index is 0.146. The van der Waals surface area contributed by atoms with Crippen LogP contribution in [0.4, 0.5) is 0 Å². The van der Waals surface area contributed by atoms with E-state index in [4.69, 9.17) is 4.74 Å². The highest BCUT2D eigenvalue weighted by atomic mass is 32.2. The Hall–Kier alpha value is -0.210. The summed E-state index contributed by atoms with van der Waals surface area (Å²) in [5.41, 5.74) is -0.470. The number of hydrogen-bond acceptors (Lipinski definition) is 5. The van der Waals surface area contributed by atoms with Crippen molar-refractivity contribution < 1.29 is 13.2 Å². The molecule has 0 aromatic rings. The van der Waals surface area contributed by atoms with Crippen molar-refractivity contribution in [2.24, 2.45) is 0 Å². The topological polar surface area (TPSA) is 70.7 Å². The smallest absolute Gasteiger partial charge is 0.212 e. The molecule has 7 heteroatoms. The van der Waals surface area contributed by atoms with Crippen molar-refractivity contribution >= 4 is 10.0 Å². The molecule has 108 valence electrons. The van der Waals surface area contributed by atoms with Gasteiger partial charge in [0.2, 0.25) is 10.0 Å². The Morgan fingerprint density at radius 3 is 2.50 bits per heavy atom. The molecule has 1 heterocycles. The first-order chi connectivity index (χ1) is 8.35. The van der Waals surface area contributed by atoms with E-state index in [-0.39, 0.29) is 5.75 Å². The number of nitrogens with one attached hydrogen (secondary N) is 2. The van der Waals surface area contributed by atoms with Gasteiger partial charge in [-0.05, 0) is 13.8 Å². The van der Waals surface area contributed by atoms with Crippen LogP contribution >= 0.6 is 0 Å². The number of nitrogens with zero attached hydrogens (tertiary/aromatic N) is 1. The fraction of sp³-hybridized carbons (Fsp3) is 1.00. The quantitative estimate of drug-likeness (QED) is 0.641. The number of methoxy groups -OCH3 is 1. The van der Waals surface area contributed by atoms with Gasteiger partial charge >= 0.3 is 0 Å². The average Bonchev–Trinajstić information content (AvgIpc) is 2.36. The minimum atomic E-state index is -3.22. The van der Waals surface area contributed by atoms with Gasteiger partial charge in [0.25, 0.3) is 0 Å². The van der Waals surface area contributed by atoms with E-state index in [0.717, 1.165) is 26.2 Å². The molecule has 0 spiro atoms. The maximum Gasteiger partial charge on any atom is 0.212 e. The third kappa shape index (κ3) is 6.10. The lowest BCUT2D eigenvalue weighted by atomic mass is 10.1. The number of rotatable bonds is 7. The zero-order valence-corrected chi connectivity index (χ0v) is 12.3. The first kappa shape index (κ1) is 15.8. The van der Waals surface area contributed by atoms with Crippen molar-refractivity contribution in [1.29, 1.82) is 0 Å². The number of ether oxygens (including phenoxy) is 1. The molecule has 0 atom stereocenters. The summed E-state index contributed by atoms with van der Waals surface area (Å²) in [4.78, 5) is 2.16. The highest BCUT2D eigenvalue weighted by Gasteiger charge is 2.21. The summed E-state index contributed by atoms with van der Waals surface area (Å²) in [6.45, 7) is 8.29. The van der Waals surface area contributed by atoms with Crippen LogP contribution in [0, 0.1) is 0 Å². The van der Waals surface area contributed by atoms with Crippen molar-refractivity contribution in [2.75, 3.05) is 52.1 Å². The molecule has 1 saturated heterocycles. The molecule has 0 aromatic heterocycles. The molecule has 1 rings (SSSR count). The Kier molecular flexibility index (Phi) is 6.00. The summed E-state index contributed by atoms with van der Waals surface area (Å²) in [5.74, 6) is 0.146. The molecule has 1 fully saturated rings. The molecule has 0 saturated carbocycles. The second-order valence-corrected chi connectivity index (χ2v) is 7.12. The van der Waals surface area contributed by atoms with Gasteiger partial charge in [-0.2, -0.15) is 0 Å². The third-order valence-corrected chi connectivity index (χ3v) is 4.46. The largest absolute Gasteiger partial charge is 0.377 e. The molecule has 0 unspecified atom stereocenters. The monoisotopic (exact) mass is 279 g/mol. The van der Waals surface area contributed by atoms with E-state index in [0.29, 0.717) is 13.1 Å². The fourth-order valence-corrected chi connectivity index (χ4v) is 2.82. The van der Waals surface area contributed by atoms with Gasteiger partial charge in [0.05, 0.1) is 11.4 Å². The molecule has 0 aliphatic carbocycles. The third-order valence-electron chi connectivity index (χ3n) is 3.16. The molecule has 1 aliphatic rings. The van der Waals surface area contributed by atoms with Crippen LogP contribution in [0.2, 0.25) is 0 Å². The highest BCUT2D eigenvalue weighted by molar-refractivity contribution is 7.89. The molecule has 0 aromatic carbocycles. The second-order valence-electron chi connectivity index (χ2n) is 5.20. The van der Waals surface area contributed by atoms with Crippen LogP contribution in [-0.2, 0) is 14.8 Å². The summed E-state index contributed by atoms with van der Waals surface area (Å²) in [5, 5.41) is 3.24. The van der Waals surface area contributed by atoms with Crippen LogP contribution in [0.3, 0.4) is 0 Å². The first-order valence-corrected chi connectivity index (χ1v) is 7.95. The summed E-state index contributed by atoms with van der Waals surface area (Å²) in [7, 11) is -1.64. The second kappa shape index (κ2) is 6.81. The maximum atomic E-state index is 11.8. The van der Waals surface area contributed by atoms with Crippen molar-refractivity contribution in [3.63, 3.8) is 0 Å². The van der Waals surface area contributed by atoms with Crippen LogP contribution in [0.25, 0.3) is 0 Å². The lowest BCUT2D eigenvalue weighted by molar-refractivity contribution is 0.0276. The van der Waals surface area contributed by atoms with Crippen LogP contribution in [0.15, 0.2) is 0 Å². The van der Waals surface area contributed by atoms with Gasteiger partial charge in [0.1, 0.15) is 0 Å². The normalized spacial score (nSPS) is 19.1. The highest BCUT2D eigenvalue weighted by Crippen LogP contribution is 2.05. The van der Waals surface area contributed by atoms with Gasteiger partial charge in [-0.15, -0.1) is 0 Å². The molecule has 18 heavy (non-hydrogen) atoms. The Morgan fingerprint density at radius 2 is 1.94 bits per heavy atom. The SMILES string of the molecule is COC(C)(C)CNS(=O)(=O)CCN1CCNCC1. The summed E-state index contributed by atoms with van der Waals surface area (Å²) >= 11 is 0. The zero-order valence-electron chi connectivity index (χ0n) is 11.5. The molecule has 0 amide bonds. The zero-order chi connectivity index (χ0) is 13.6. The minimum Gasteiger partial charge on any atom is -0.377 e. The summed E-state index contributed by atoms with van der Waals surface area (Å²) < 4.78 is 31.4. The van der Waals surface area contributed by atoms with Crippen LogP contribution in [0.5, 0.6) is 0 Å². The molecule has 6 nitrogen and oxygen atoms in total. The van der Waals surface area contributed by atoms with Gasteiger partial charge in [-0.1, -0.05) is 0 Å². The summed E-state index contributed by atoms with van der Waals surface area (Å²) in [6, 6.07) is 0.